The van der Waals surface area contributed by atoms with Crippen LogP contribution in [0.4, 0.5) is 24.5 Å². The third kappa shape index (κ3) is 5.20. The van der Waals surface area contributed by atoms with E-state index in [0.717, 1.165) is 6.07 Å². The number of aryl methyl sites for hydroxylation is 1. The van der Waals surface area contributed by atoms with Gasteiger partial charge in [0.25, 0.3) is 15.9 Å². The number of rotatable bonds is 7. The van der Waals surface area contributed by atoms with E-state index in [1.807, 2.05) is 6.92 Å². The number of hydrogen-bond donors (Lipinski definition) is 2. The van der Waals surface area contributed by atoms with Crippen molar-refractivity contribution in [3.05, 3.63) is 83.2 Å². The average Bonchev–Trinajstić information content (AvgIpc) is 2.73. The maximum Gasteiger partial charge on any atom is 0.262 e. The van der Waals surface area contributed by atoms with Crippen LogP contribution in [0.15, 0.2) is 59.5 Å². The topological polar surface area (TPSA) is 84.5 Å². The molecule has 0 aromatic heterocycles. The Bertz CT molecular complexity index is 1260. The van der Waals surface area contributed by atoms with Gasteiger partial charge in [0.05, 0.1) is 17.2 Å². The molecule has 0 atom stereocenters. The van der Waals surface area contributed by atoms with Crippen LogP contribution in [0.5, 0.6) is 5.75 Å². The molecule has 0 fully saturated rings. The highest BCUT2D eigenvalue weighted by Crippen LogP contribution is 2.24. The summed E-state index contributed by atoms with van der Waals surface area (Å²) in [6.45, 7) is 3.83. The van der Waals surface area contributed by atoms with Crippen LogP contribution in [-0.2, 0) is 10.0 Å². The van der Waals surface area contributed by atoms with E-state index in [1.165, 1.54) is 24.3 Å². The van der Waals surface area contributed by atoms with Crippen LogP contribution in [-0.4, -0.2) is 20.9 Å². The van der Waals surface area contributed by atoms with Crippen molar-refractivity contribution in [3.8, 4) is 5.75 Å². The van der Waals surface area contributed by atoms with Gasteiger partial charge in [0.1, 0.15) is 11.6 Å². The molecular weight excluding hydrogens is 445 g/mol. The van der Waals surface area contributed by atoms with Crippen molar-refractivity contribution in [1.82, 2.24) is 0 Å². The molecule has 0 unspecified atom stereocenters. The molecule has 32 heavy (non-hydrogen) atoms. The number of benzene rings is 3. The van der Waals surface area contributed by atoms with Gasteiger partial charge in [-0.15, -0.1) is 0 Å². The summed E-state index contributed by atoms with van der Waals surface area (Å²) in [4.78, 5) is 12.3. The molecule has 2 N–H and O–H groups in total. The highest BCUT2D eigenvalue weighted by Gasteiger charge is 2.20. The number of hydrogen-bond acceptors (Lipinski definition) is 4. The minimum absolute atomic E-state index is 0.119. The standard InChI is InChI=1S/C22H19F3N2O4S/c1-3-31-16-8-6-15(7-9-16)27-32(29,30)21-10-14(5-4-13(21)2)22(28)26-20-12-18(24)17(23)11-19(20)25/h4-12,27H,3H2,1-2H3,(H,26,28). The third-order valence-electron chi connectivity index (χ3n) is 4.42. The lowest BCUT2D eigenvalue weighted by Crippen LogP contribution is -2.17. The van der Waals surface area contributed by atoms with Gasteiger partial charge in [0.15, 0.2) is 11.6 Å². The van der Waals surface area contributed by atoms with Gasteiger partial charge in [-0.25, -0.2) is 21.6 Å². The Labute approximate surface area is 183 Å². The molecule has 0 spiro atoms. The van der Waals surface area contributed by atoms with Crippen molar-refractivity contribution in [3.63, 3.8) is 0 Å². The minimum atomic E-state index is -4.07. The number of halogens is 3. The molecule has 0 bridgehead atoms. The molecule has 0 saturated heterocycles. The largest absolute Gasteiger partial charge is 0.494 e. The maximum atomic E-state index is 13.8. The molecule has 1 amide bonds. The monoisotopic (exact) mass is 464 g/mol. The maximum absolute atomic E-state index is 13.8. The van der Waals surface area contributed by atoms with Crippen LogP contribution >= 0.6 is 0 Å². The summed E-state index contributed by atoms with van der Waals surface area (Å²) >= 11 is 0. The Balaban J connectivity index is 1.85. The molecule has 0 radical (unpaired) electrons. The molecule has 0 aliphatic rings. The lowest BCUT2D eigenvalue weighted by molar-refractivity contribution is 0.102. The number of ether oxygens (including phenoxy) is 1. The van der Waals surface area contributed by atoms with Crippen molar-refractivity contribution < 1.29 is 31.1 Å². The van der Waals surface area contributed by atoms with Crippen LogP contribution in [0.1, 0.15) is 22.8 Å². The highest BCUT2D eigenvalue weighted by atomic mass is 32.2. The van der Waals surface area contributed by atoms with E-state index in [9.17, 15) is 26.4 Å². The number of carbonyl (C=O) groups excluding carboxylic acids is 1. The Morgan fingerprint density at radius 3 is 2.25 bits per heavy atom. The van der Waals surface area contributed by atoms with Gasteiger partial charge in [0, 0.05) is 23.4 Å². The molecule has 3 aromatic rings. The molecule has 10 heteroatoms. The van der Waals surface area contributed by atoms with E-state index in [2.05, 4.69) is 10.0 Å². The van der Waals surface area contributed by atoms with Gasteiger partial charge in [-0.1, -0.05) is 6.07 Å². The fourth-order valence-electron chi connectivity index (χ4n) is 2.84. The smallest absolute Gasteiger partial charge is 0.262 e. The summed E-state index contributed by atoms with van der Waals surface area (Å²) in [6, 6.07) is 10.9. The Hall–Kier alpha value is -3.53. The zero-order valence-corrected chi connectivity index (χ0v) is 17.9. The van der Waals surface area contributed by atoms with Gasteiger partial charge < -0.3 is 10.1 Å². The van der Waals surface area contributed by atoms with Crippen LogP contribution in [0.25, 0.3) is 0 Å². The summed E-state index contributed by atoms with van der Waals surface area (Å²) in [5.41, 5.74) is -0.0521. The zero-order valence-electron chi connectivity index (χ0n) is 17.1. The van der Waals surface area contributed by atoms with Gasteiger partial charge >= 0.3 is 0 Å². The summed E-state index contributed by atoms with van der Waals surface area (Å²) in [6.07, 6.45) is 0. The van der Waals surface area contributed by atoms with Gasteiger partial charge in [-0.05, 0) is 55.8 Å². The van der Waals surface area contributed by atoms with E-state index >= 15 is 0 Å². The molecule has 0 saturated carbocycles. The van der Waals surface area contributed by atoms with Crippen molar-refractivity contribution in [2.24, 2.45) is 0 Å². The fraction of sp³-hybridized carbons (Fsp3) is 0.136. The number of nitrogens with one attached hydrogen (secondary N) is 2. The first-order valence-corrected chi connectivity index (χ1v) is 10.9. The van der Waals surface area contributed by atoms with Crippen LogP contribution < -0.4 is 14.8 Å². The predicted molar refractivity (Wildman–Crippen MR) is 114 cm³/mol. The average molecular weight is 464 g/mol. The highest BCUT2D eigenvalue weighted by molar-refractivity contribution is 7.92. The molecule has 3 aromatic carbocycles. The SMILES string of the molecule is CCOc1ccc(NS(=O)(=O)c2cc(C(=O)Nc3cc(F)c(F)cc3F)ccc2C)cc1. The van der Waals surface area contributed by atoms with Crippen LogP contribution in [0.2, 0.25) is 0 Å². The van der Waals surface area contributed by atoms with E-state index < -0.39 is 39.1 Å². The van der Waals surface area contributed by atoms with E-state index in [0.29, 0.717) is 30.1 Å². The second-order valence-electron chi connectivity index (χ2n) is 6.74. The van der Waals surface area contributed by atoms with E-state index in [-0.39, 0.29) is 16.1 Å². The lowest BCUT2D eigenvalue weighted by Gasteiger charge is -2.13. The van der Waals surface area contributed by atoms with Crippen molar-refractivity contribution in [1.29, 1.82) is 0 Å². The zero-order chi connectivity index (χ0) is 23.5. The Morgan fingerprint density at radius 2 is 1.59 bits per heavy atom. The van der Waals surface area contributed by atoms with Gasteiger partial charge in [0.2, 0.25) is 0 Å². The fourth-order valence-corrected chi connectivity index (χ4v) is 4.17. The summed E-state index contributed by atoms with van der Waals surface area (Å²) < 4.78 is 73.8. The van der Waals surface area contributed by atoms with Gasteiger partial charge in [-0.2, -0.15) is 0 Å². The molecule has 6 nitrogen and oxygen atoms in total. The van der Waals surface area contributed by atoms with Crippen molar-refractivity contribution in [2.45, 2.75) is 18.7 Å². The number of amides is 1. The molecule has 3 rings (SSSR count). The molecule has 0 aliphatic heterocycles. The minimum Gasteiger partial charge on any atom is -0.494 e. The Morgan fingerprint density at radius 1 is 0.938 bits per heavy atom. The third-order valence-corrected chi connectivity index (χ3v) is 5.94. The van der Waals surface area contributed by atoms with Crippen molar-refractivity contribution >= 4 is 27.3 Å². The van der Waals surface area contributed by atoms with E-state index in [4.69, 9.17) is 4.74 Å². The van der Waals surface area contributed by atoms with Crippen LogP contribution in [0, 0.1) is 24.4 Å². The first-order valence-electron chi connectivity index (χ1n) is 9.43. The predicted octanol–water partition coefficient (Wildman–Crippen LogP) is 4.86. The van der Waals surface area contributed by atoms with E-state index in [1.54, 1.807) is 19.1 Å². The normalized spacial score (nSPS) is 11.2. The second kappa shape index (κ2) is 9.31. The quantitative estimate of drug-likeness (QED) is 0.489. The van der Waals surface area contributed by atoms with Crippen LogP contribution in [0.3, 0.4) is 0 Å². The van der Waals surface area contributed by atoms with Crippen molar-refractivity contribution in [2.75, 3.05) is 16.6 Å². The number of anilines is 2. The first-order chi connectivity index (χ1) is 15.1. The molecule has 168 valence electrons. The first kappa shape index (κ1) is 23.1. The Kier molecular flexibility index (Phi) is 6.73. The molecule has 0 aliphatic carbocycles. The summed E-state index contributed by atoms with van der Waals surface area (Å²) in [5, 5.41) is 2.11. The second-order valence-corrected chi connectivity index (χ2v) is 8.39. The van der Waals surface area contributed by atoms with Gasteiger partial charge in [-0.3, -0.25) is 9.52 Å². The summed E-state index contributed by atoms with van der Waals surface area (Å²) in [5.74, 6) is -4.23. The lowest BCUT2D eigenvalue weighted by atomic mass is 10.1. The summed E-state index contributed by atoms with van der Waals surface area (Å²) in [7, 11) is -4.07. The number of sulfonamides is 1. The number of carbonyl (C=O) groups is 1. The molecule has 0 heterocycles. The molecular formula is C22H19F3N2O4S.